The average Bonchev–Trinajstić information content (AvgIpc) is 2.52. The van der Waals surface area contributed by atoms with Crippen LogP contribution >= 0.6 is 0 Å². The molecule has 120 valence electrons. The Bertz CT molecular complexity index is 394. The third kappa shape index (κ3) is 5.87. The molecule has 0 aliphatic rings. The maximum Gasteiger partial charge on any atom is 0.134 e. The fraction of sp³-hybridized carbons (Fsp3) is 0.750. The number of nitrogens with one attached hydrogen (secondary N) is 2. The van der Waals surface area contributed by atoms with Gasteiger partial charge in [0.05, 0.1) is 0 Å². The number of nitrogens with zero attached hydrogens (tertiary/aromatic N) is 3. The summed E-state index contributed by atoms with van der Waals surface area (Å²) in [5.41, 5.74) is 1.18. The molecule has 0 saturated heterocycles. The van der Waals surface area contributed by atoms with Crippen molar-refractivity contribution in [3.05, 3.63) is 11.9 Å². The third-order valence-electron chi connectivity index (χ3n) is 3.55. The summed E-state index contributed by atoms with van der Waals surface area (Å²) in [5.74, 6) is 1.94. The average molecular weight is 293 g/mol. The fourth-order valence-corrected chi connectivity index (χ4v) is 2.37. The largest absolute Gasteiger partial charge is 0.370 e. The Morgan fingerprint density at radius 2 is 1.57 bits per heavy atom. The predicted molar refractivity (Wildman–Crippen MR) is 91.1 cm³/mol. The van der Waals surface area contributed by atoms with Gasteiger partial charge in [-0.05, 0) is 32.4 Å². The molecule has 0 amide bonds. The van der Waals surface area contributed by atoms with Gasteiger partial charge in [0.1, 0.15) is 18.0 Å². The number of rotatable bonds is 11. The molecule has 5 nitrogen and oxygen atoms in total. The van der Waals surface area contributed by atoms with Gasteiger partial charge in [0.2, 0.25) is 0 Å². The third-order valence-corrected chi connectivity index (χ3v) is 3.55. The van der Waals surface area contributed by atoms with E-state index < -0.39 is 0 Å². The molecule has 0 radical (unpaired) electrons. The van der Waals surface area contributed by atoms with Gasteiger partial charge in [-0.15, -0.1) is 0 Å². The van der Waals surface area contributed by atoms with Crippen molar-refractivity contribution in [2.75, 3.05) is 43.4 Å². The van der Waals surface area contributed by atoms with Crippen molar-refractivity contribution >= 4 is 11.6 Å². The summed E-state index contributed by atoms with van der Waals surface area (Å²) in [7, 11) is 0. The van der Waals surface area contributed by atoms with Gasteiger partial charge in [0, 0.05) is 25.2 Å². The monoisotopic (exact) mass is 293 g/mol. The van der Waals surface area contributed by atoms with Crippen molar-refractivity contribution in [3.8, 4) is 0 Å². The Morgan fingerprint density at radius 3 is 2.10 bits per heavy atom. The second kappa shape index (κ2) is 10.4. The number of likely N-dealkylation sites (N-methyl/N-ethyl adjacent to an activating group) is 1. The van der Waals surface area contributed by atoms with E-state index in [4.69, 9.17) is 0 Å². The summed E-state index contributed by atoms with van der Waals surface area (Å²) >= 11 is 0. The van der Waals surface area contributed by atoms with Crippen LogP contribution in [0.15, 0.2) is 6.33 Å². The van der Waals surface area contributed by atoms with E-state index >= 15 is 0 Å². The zero-order valence-corrected chi connectivity index (χ0v) is 14.1. The smallest absolute Gasteiger partial charge is 0.134 e. The molecule has 21 heavy (non-hydrogen) atoms. The van der Waals surface area contributed by atoms with Crippen LogP contribution in [0, 0.1) is 0 Å². The summed E-state index contributed by atoms with van der Waals surface area (Å²) in [6, 6.07) is 0. The van der Waals surface area contributed by atoms with Gasteiger partial charge >= 0.3 is 0 Å². The minimum Gasteiger partial charge on any atom is -0.370 e. The standard InChI is InChI=1S/C16H31N5/c1-5-9-17-15-14(7-3)16(20-13-19-15)18-10-12-21(8-4)11-6-2/h13H,5-12H2,1-4H3,(H2,17,18,19,20). The molecular formula is C16H31N5. The molecule has 1 aromatic rings. The van der Waals surface area contributed by atoms with E-state index in [1.165, 1.54) is 12.0 Å². The molecule has 1 rings (SSSR count). The molecule has 0 aliphatic carbocycles. The molecule has 5 heteroatoms. The first-order chi connectivity index (χ1) is 10.3. The van der Waals surface area contributed by atoms with Crippen molar-refractivity contribution in [1.29, 1.82) is 0 Å². The van der Waals surface area contributed by atoms with Gasteiger partial charge in [0.25, 0.3) is 0 Å². The van der Waals surface area contributed by atoms with Crippen LogP contribution in [-0.2, 0) is 6.42 Å². The molecule has 0 aromatic carbocycles. The summed E-state index contributed by atoms with van der Waals surface area (Å²) in [4.78, 5) is 11.2. The van der Waals surface area contributed by atoms with Gasteiger partial charge in [-0.1, -0.05) is 27.7 Å². The number of aromatic nitrogens is 2. The summed E-state index contributed by atoms with van der Waals surface area (Å²) in [6.45, 7) is 13.9. The molecule has 1 heterocycles. The fourth-order valence-electron chi connectivity index (χ4n) is 2.37. The molecular weight excluding hydrogens is 262 g/mol. The topological polar surface area (TPSA) is 53.1 Å². The van der Waals surface area contributed by atoms with Crippen molar-refractivity contribution in [3.63, 3.8) is 0 Å². The van der Waals surface area contributed by atoms with Crippen LogP contribution in [0.1, 0.15) is 46.1 Å². The summed E-state index contributed by atoms with van der Waals surface area (Å²) < 4.78 is 0. The normalized spacial score (nSPS) is 10.9. The number of hydrogen-bond donors (Lipinski definition) is 2. The van der Waals surface area contributed by atoms with E-state index in [-0.39, 0.29) is 0 Å². The number of hydrogen-bond acceptors (Lipinski definition) is 5. The molecule has 0 bridgehead atoms. The highest BCUT2D eigenvalue weighted by molar-refractivity contribution is 5.57. The van der Waals surface area contributed by atoms with E-state index in [9.17, 15) is 0 Å². The van der Waals surface area contributed by atoms with Crippen LogP contribution < -0.4 is 10.6 Å². The molecule has 2 N–H and O–H groups in total. The van der Waals surface area contributed by atoms with Gasteiger partial charge in [-0.3, -0.25) is 0 Å². The maximum absolute atomic E-state index is 4.41. The highest BCUT2D eigenvalue weighted by atomic mass is 15.1. The maximum atomic E-state index is 4.41. The van der Waals surface area contributed by atoms with Crippen LogP contribution in [0.2, 0.25) is 0 Å². The lowest BCUT2D eigenvalue weighted by molar-refractivity contribution is 0.300. The van der Waals surface area contributed by atoms with Gasteiger partial charge < -0.3 is 15.5 Å². The minimum atomic E-state index is 0.922. The zero-order chi connectivity index (χ0) is 15.5. The lowest BCUT2D eigenvalue weighted by atomic mass is 10.2. The van der Waals surface area contributed by atoms with E-state index in [2.05, 4.69) is 53.2 Å². The Labute approximate surface area is 129 Å². The predicted octanol–water partition coefficient (Wildman–Crippen LogP) is 3.00. The van der Waals surface area contributed by atoms with Crippen molar-refractivity contribution in [1.82, 2.24) is 14.9 Å². The van der Waals surface area contributed by atoms with E-state index in [1.54, 1.807) is 6.33 Å². The Balaban J connectivity index is 2.61. The molecule has 0 aliphatic heterocycles. The SMILES string of the molecule is CCCNc1ncnc(NCCN(CC)CCC)c1CC. The van der Waals surface area contributed by atoms with Gasteiger partial charge in [-0.25, -0.2) is 9.97 Å². The molecule has 0 spiro atoms. The van der Waals surface area contributed by atoms with Crippen molar-refractivity contribution < 1.29 is 0 Å². The molecule has 1 aromatic heterocycles. The van der Waals surface area contributed by atoms with Gasteiger partial charge in [-0.2, -0.15) is 0 Å². The second-order valence-corrected chi connectivity index (χ2v) is 5.19. The highest BCUT2D eigenvalue weighted by Gasteiger charge is 2.09. The first-order valence-corrected chi connectivity index (χ1v) is 8.30. The second-order valence-electron chi connectivity index (χ2n) is 5.19. The minimum absolute atomic E-state index is 0.922. The van der Waals surface area contributed by atoms with Crippen LogP contribution in [-0.4, -0.2) is 47.6 Å². The first-order valence-electron chi connectivity index (χ1n) is 8.30. The zero-order valence-electron chi connectivity index (χ0n) is 14.1. The highest BCUT2D eigenvalue weighted by Crippen LogP contribution is 2.20. The van der Waals surface area contributed by atoms with Crippen molar-refractivity contribution in [2.45, 2.75) is 47.0 Å². The molecule has 0 unspecified atom stereocenters. The van der Waals surface area contributed by atoms with E-state index in [0.29, 0.717) is 0 Å². The van der Waals surface area contributed by atoms with E-state index in [0.717, 1.165) is 57.2 Å². The first kappa shape index (κ1) is 17.7. The Kier molecular flexibility index (Phi) is 8.74. The Hall–Kier alpha value is -1.36. The lowest BCUT2D eigenvalue weighted by Crippen LogP contribution is -2.30. The van der Waals surface area contributed by atoms with Crippen LogP contribution in [0.5, 0.6) is 0 Å². The lowest BCUT2D eigenvalue weighted by Gasteiger charge is -2.20. The summed E-state index contributed by atoms with van der Waals surface area (Å²) in [6.07, 6.45) is 4.87. The van der Waals surface area contributed by atoms with Gasteiger partial charge in [0.15, 0.2) is 0 Å². The molecule has 0 fully saturated rings. The molecule has 0 saturated carbocycles. The van der Waals surface area contributed by atoms with Crippen molar-refractivity contribution in [2.24, 2.45) is 0 Å². The molecule has 0 atom stereocenters. The van der Waals surface area contributed by atoms with Crippen LogP contribution in [0.4, 0.5) is 11.6 Å². The Morgan fingerprint density at radius 1 is 0.905 bits per heavy atom. The van der Waals surface area contributed by atoms with Crippen LogP contribution in [0.25, 0.3) is 0 Å². The quantitative estimate of drug-likeness (QED) is 0.657. The number of anilines is 2. The van der Waals surface area contributed by atoms with E-state index in [1.807, 2.05) is 0 Å². The van der Waals surface area contributed by atoms with Crippen LogP contribution in [0.3, 0.4) is 0 Å². The summed E-state index contributed by atoms with van der Waals surface area (Å²) in [5, 5.41) is 6.85.